The quantitative estimate of drug-likeness (QED) is 0.763. The highest BCUT2D eigenvalue weighted by Gasteiger charge is 2.04. The fourth-order valence-corrected chi connectivity index (χ4v) is 2.30. The summed E-state index contributed by atoms with van der Waals surface area (Å²) in [4.78, 5) is 0. The van der Waals surface area contributed by atoms with Crippen LogP contribution in [-0.2, 0) is 0 Å². The molecule has 0 aliphatic heterocycles. The van der Waals surface area contributed by atoms with E-state index in [1.807, 2.05) is 0 Å². The first-order chi connectivity index (χ1) is 10.3. The molecular formula is C19H24N2. The Morgan fingerprint density at radius 2 is 1.62 bits per heavy atom. The fraction of sp³-hybridized carbons (Fsp3) is 0.263. The summed E-state index contributed by atoms with van der Waals surface area (Å²) in [6, 6.07) is 19.3. The molecule has 0 unspecified atom stereocenters. The lowest BCUT2D eigenvalue weighted by Gasteiger charge is -2.10. The van der Waals surface area contributed by atoms with E-state index in [-0.39, 0.29) is 0 Å². The van der Waals surface area contributed by atoms with Gasteiger partial charge in [0.15, 0.2) is 0 Å². The molecule has 0 radical (unpaired) electrons. The van der Waals surface area contributed by atoms with Crippen LogP contribution in [0.1, 0.15) is 23.1 Å². The summed E-state index contributed by atoms with van der Waals surface area (Å²) in [5, 5.41) is 3.33. The van der Waals surface area contributed by atoms with Crippen molar-refractivity contribution in [3.8, 4) is 0 Å². The number of hydrogen-bond donors (Lipinski definition) is 2. The van der Waals surface area contributed by atoms with E-state index in [1.165, 1.54) is 22.3 Å². The molecule has 2 aromatic rings. The molecule has 0 saturated heterocycles. The van der Waals surface area contributed by atoms with Crippen molar-refractivity contribution in [1.29, 1.82) is 0 Å². The molecule has 0 saturated carbocycles. The van der Waals surface area contributed by atoms with E-state index in [4.69, 9.17) is 5.73 Å². The van der Waals surface area contributed by atoms with Gasteiger partial charge in [-0.15, -0.1) is 0 Å². The Kier molecular flexibility index (Phi) is 6.20. The Morgan fingerprint density at radius 1 is 0.952 bits per heavy atom. The Balaban J connectivity index is 2.18. The van der Waals surface area contributed by atoms with Gasteiger partial charge in [0.05, 0.1) is 0 Å². The van der Waals surface area contributed by atoms with Crippen molar-refractivity contribution in [2.75, 3.05) is 19.6 Å². The van der Waals surface area contributed by atoms with E-state index in [9.17, 15) is 0 Å². The van der Waals surface area contributed by atoms with Gasteiger partial charge in [-0.3, -0.25) is 0 Å². The van der Waals surface area contributed by atoms with Crippen LogP contribution in [0, 0.1) is 6.92 Å². The molecule has 0 heterocycles. The maximum absolute atomic E-state index is 5.49. The minimum atomic E-state index is 0.688. The molecule has 0 bridgehead atoms. The van der Waals surface area contributed by atoms with Crippen LogP contribution in [0.3, 0.4) is 0 Å². The van der Waals surface area contributed by atoms with E-state index in [0.29, 0.717) is 6.54 Å². The average Bonchev–Trinajstić information content (AvgIpc) is 2.53. The van der Waals surface area contributed by atoms with Gasteiger partial charge in [0.1, 0.15) is 0 Å². The molecule has 0 aromatic heterocycles. The molecule has 2 rings (SSSR count). The molecule has 0 fully saturated rings. The number of hydrogen-bond acceptors (Lipinski definition) is 2. The van der Waals surface area contributed by atoms with Crippen LogP contribution < -0.4 is 11.1 Å². The van der Waals surface area contributed by atoms with Crippen molar-refractivity contribution in [3.63, 3.8) is 0 Å². The molecule has 2 nitrogen and oxygen atoms in total. The number of nitrogens with one attached hydrogen (secondary N) is 1. The smallest absolute Gasteiger partial charge is 0.00746 e. The highest BCUT2D eigenvalue weighted by Crippen LogP contribution is 2.24. The lowest BCUT2D eigenvalue weighted by Crippen LogP contribution is -2.23. The maximum atomic E-state index is 5.49. The molecule has 0 aliphatic rings. The molecule has 0 atom stereocenters. The van der Waals surface area contributed by atoms with Crippen LogP contribution in [0.15, 0.2) is 60.7 Å². The SMILES string of the molecule is Cc1ccc(/C(=C\CCNCCN)c2ccccc2)cc1. The highest BCUT2D eigenvalue weighted by molar-refractivity contribution is 5.79. The summed E-state index contributed by atoms with van der Waals surface area (Å²) in [7, 11) is 0. The van der Waals surface area contributed by atoms with Crippen LogP contribution in [0.25, 0.3) is 5.57 Å². The van der Waals surface area contributed by atoms with Crippen LogP contribution in [0.4, 0.5) is 0 Å². The first-order valence-electron chi connectivity index (χ1n) is 7.54. The van der Waals surface area contributed by atoms with E-state index >= 15 is 0 Å². The predicted molar refractivity (Wildman–Crippen MR) is 91.2 cm³/mol. The van der Waals surface area contributed by atoms with Crippen molar-refractivity contribution in [3.05, 3.63) is 77.4 Å². The topological polar surface area (TPSA) is 38.0 Å². The first kappa shape index (κ1) is 15.5. The number of benzene rings is 2. The highest BCUT2D eigenvalue weighted by atomic mass is 14.9. The standard InChI is InChI=1S/C19H24N2/c1-16-9-11-18(12-10-16)19(8-5-14-21-15-13-20)17-6-3-2-4-7-17/h2-4,6-12,21H,5,13-15,20H2,1H3/b19-8-. The molecule has 110 valence electrons. The lowest BCUT2D eigenvalue weighted by molar-refractivity contribution is 0.697. The molecule has 3 N–H and O–H groups in total. The zero-order valence-corrected chi connectivity index (χ0v) is 12.7. The van der Waals surface area contributed by atoms with Crippen LogP contribution in [0.2, 0.25) is 0 Å². The Labute approximate surface area is 127 Å². The van der Waals surface area contributed by atoms with Gasteiger partial charge in [0.2, 0.25) is 0 Å². The third-order valence-electron chi connectivity index (χ3n) is 3.44. The molecule has 2 heteroatoms. The number of nitrogens with two attached hydrogens (primary N) is 1. The first-order valence-corrected chi connectivity index (χ1v) is 7.54. The van der Waals surface area contributed by atoms with Crippen LogP contribution in [-0.4, -0.2) is 19.6 Å². The summed E-state index contributed by atoms with van der Waals surface area (Å²) < 4.78 is 0. The molecule has 2 aromatic carbocycles. The van der Waals surface area contributed by atoms with Gasteiger partial charge in [0.25, 0.3) is 0 Å². The van der Waals surface area contributed by atoms with Crippen molar-refractivity contribution < 1.29 is 0 Å². The van der Waals surface area contributed by atoms with Gasteiger partial charge in [-0.05, 0) is 36.6 Å². The zero-order valence-electron chi connectivity index (χ0n) is 12.7. The van der Waals surface area contributed by atoms with Crippen molar-refractivity contribution in [2.24, 2.45) is 5.73 Å². The Morgan fingerprint density at radius 3 is 2.29 bits per heavy atom. The number of aryl methyl sites for hydroxylation is 1. The fourth-order valence-electron chi connectivity index (χ4n) is 2.30. The second kappa shape index (κ2) is 8.40. The van der Waals surface area contributed by atoms with E-state index < -0.39 is 0 Å². The Bertz CT molecular complexity index is 556. The summed E-state index contributed by atoms with van der Waals surface area (Å²) >= 11 is 0. The molecule has 0 aliphatic carbocycles. The zero-order chi connectivity index (χ0) is 14.9. The van der Waals surface area contributed by atoms with Crippen molar-refractivity contribution >= 4 is 5.57 Å². The molecular weight excluding hydrogens is 256 g/mol. The maximum Gasteiger partial charge on any atom is 0.00746 e. The normalized spacial score (nSPS) is 11.6. The third kappa shape index (κ3) is 4.85. The molecule has 0 amide bonds. The minimum absolute atomic E-state index is 0.688. The largest absolute Gasteiger partial charge is 0.329 e. The second-order valence-corrected chi connectivity index (χ2v) is 5.18. The summed E-state index contributed by atoms with van der Waals surface area (Å²) in [5.74, 6) is 0. The van der Waals surface area contributed by atoms with Gasteiger partial charge in [-0.25, -0.2) is 0 Å². The van der Waals surface area contributed by atoms with Gasteiger partial charge >= 0.3 is 0 Å². The van der Waals surface area contributed by atoms with Gasteiger partial charge in [-0.2, -0.15) is 0 Å². The monoisotopic (exact) mass is 280 g/mol. The Hall–Kier alpha value is -1.90. The molecule has 21 heavy (non-hydrogen) atoms. The van der Waals surface area contributed by atoms with E-state index in [1.54, 1.807) is 0 Å². The van der Waals surface area contributed by atoms with Crippen molar-refractivity contribution in [1.82, 2.24) is 5.32 Å². The van der Waals surface area contributed by atoms with E-state index in [2.05, 4.69) is 72.9 Å². The van der Waals surface area contributed by atoms with Gasteiger partial charge in [-0.1, -0.05) is 66.2 Å². The van der Waals surface area contributed by atoms with Gasteiger partial charge < -0.3 is 11.1 Å². The average molecular weight is 280 g/mol. The predicted octanol–water partition coefficient (Wildman–Crippen LogP) is 3.37. The summed E-state index contributed by atoms with van der Waals surface area (Å²) in [5.41, 5.74) is 10.6. The van der Waals surface area contributed by atoms with Crippen LogP contribution >= 0.6 is 0 Å². The van der Waals surface area contributed by atoms with Gasteiger partial charge in [0, 0.05) is 13.1 Å². The second-order valence-electron chi connectivity index (χ2n) is 5.18. The van der Waals surface area contributed by atoms with Crippen LogP contribution in [0.5, 0.6) is 0 Å². The van der Waals surface area contributed by atoms with E-state index in [0.717, 1.165) is 19.5 Å². The minimum Gasteiger partial charge on any atom is -0.329 e. The lowest BCUT2D eigenvalue weighted by atomic mass is 9.96. The summed E-state index contributed by atoms with van der Waals surface area (Å²) in [6.45, 7) is 4.64. The summed E-state index contributed by atoms with van der Waals surface area (Å²) in [6.07, 6.45) is 3.31. The van der Waals surface area contributed by atoms with Crippen molar-refractivity contribution in [2.45, 2.75) is 13.3 Å². The molecule has 0 spiro atoms. The number of rotatable bonds is 7. The third-order valence-corrected chi connectivity index (χ3v) is 3.44.